The molecule has 0 radical (unpaired) electrons. The third kappa shape index (κ3) is 3.89. The number of benzene rings is 1. The molecule has 2 aromatic rings. The number of halogens is 2. The summed E-state index contributed by atoms with van der Waals surface area (Å²) < 4.78 is 27.7. The van der Waals surface area contributed by atoms with E-state index < -0.39 is 18.0 Å². The Kier molecular flexibility index (Phi) is 5.63. The Hall–Kier alpha value is -2.24. The van der Waals surface area contributed by atoms with E-state index in [1.165, 1.54) is 30.8 Å². The van der Waals surface area contributed by atoms with Crippen LogP contribution in [0.5, 0.6) is 0 Å². The van der Waals surface area contributed by atoms with Gasteiger partial charge in [0.05, 0.1) is 5.56 Å². The van der Waals surface area contributed by atoms with Crippen LogP contribution in [-0.4, -0.2) is 15.7 Å². The summed E-state index contributed by atoms with van der Waals surface area (Å²) >= 11 is 0. The van der Waals surface area contributed by atoms with Crippen LogP contribution >= 0.6 is 0 Å². The van der Waals surface area contributed by atoms with Gasteiger partial charge in [0, 0.05) is 18.9 Å². The Morgan fingerprint density at radius 1 is 1.30 bits per heavy atom. The lowest BCUT2D eigenvalue weighted by Crippen LogP contribution is -2.19. The standard InChI is InChI=1S/C21H27F2N3O/c1-12(2)14-8-6-9-15(14)18-13(3)7-5-10-17(18)24-21(27)16-11-26(4)25-19(16)20(22)23/h5,7,10-12,14-15,20H,6,8-9H2,1-4H3,(H,24,27). The number of rotatable bonds is 5. The van der Waals surface area contributed by atoms with Gasteiger partial charge in [-0.05, 0) is 54.7 Å². The fourth-order valence-corrected chi connectivity index (χ4v) is 4.46. The van der Waals surface area contributed by atoms with Crippen LogP contribution in [0.4, 0.5) is 14.5 Å². The molecule has 0 bridgehead atoms. The highest BCUT2D eigenvalue weighted by Crippen LogP contribution is 2.46. The summed E-state index contributed by atoms with van der Waals surface area (Å²) in [7, 11) is 1.53. The van der Waals surface area contributed by atoms with Crippen LogP contribution in [0, 0.1) is 18.8 Å². The minimum absolute atomic E-state index is 0.0770. The number of nitrogens with zero attached hydrogens (tertiary/aromatic N) is 2. The summed E-state index contributed by atoms with van der Waals surface area (Å²) in [6.45, 7) is 6.53. The zero-order valence-corrected chi connectivity index (χ0v) is 16.3. The molecular formula is C21H27F2N3O. The molecule has 3 rings (SSSR count). The van der Waals surface area contributed by atoms with Crippen molar-refractivity contribution in [2.45, 2.75) is 52.4 Å². The first-order valence-electron chi connectivity index (χ1n) is 9.52. The van der Waals surface area contributed by atoms with E-state index in [0.717, 1.165) is 23.2 Å². The second-order valence-corrected chi connectivity index (χ2v) is 7.84. The molecule has 1 heterocycles. The second kappa shape index (κ2) is 7.79. The van der Waals surface area contributed by atoms with Crippen LogP contribution < -0.4 is 5.32 Å². The number of hydrogen-bond acceptors (Lipinski definition) is 2. The third-order valence-electron chi connectivity index (χ3n) is 5.68. The average Bonchev–Trinajstić information content (AvgIpc) is 3.21. The van der Waals surface area contributed by atoms with Gasteiger partial charge >= 0.3 is 0 Å². The molecule has 1 aliphatic rings. The summed E-state index contributed by atoms with van der Waals surface area (Å²) in [5.41, 5.74) is 2.44. The van der Waals surface area contributed by atoms with Crippen molar-refractivity contribution in [3.05, 3.63) is 46.8 Å². The Labute approximate surface area is 159 Å². The Morgan fingerprint density at radius 2 is 2.04 bits per heavy atom. The van der Waals surface area contributed by atoms with Crippen LogP contribution in [0.1, 0.15) is 72.6 Å². The largest absolute Gasteiger partial charge is 0.322 e. The van der Waals surface area contributed by atoms with Crippen LogP contribution in [0.15, 0.2) is 24.4 Å². The molecule has 0 aliphatic heterocycles. The topological polar surface area (TPSA) is 46.9 Å². The number of aromatic nitrogens is 2. The van der Waals surface area contributed by atoms with Crippen molar-refractivity contribution in [2.24, 2.45) is 18.9 Å². The predicted molar refractivity (Wildman–Crippen MR) is 102 cm³/mol. The van der Waals surface area contributed by atoms with E-state index in [9.17, 15) is 13.6 Å². The summed E-state index contributed by atoms with van der Waals surface area (Å²) in [5.74, 6) is 0.968. The molecule has 2 unspecified atom stereocenters. The van der Waals surface area contributed by atoms with Crippen LogP contribution in [0.2, 0.25) is 0 Å². The molecular weight excluding hydrogens is 348 g/mol. The molecule has 1 saturated carbocycles. The molecule has 27 heavy (non-hydrogen) atoms. The van der Waals surface area contributed by atoms with Gasteiger partial charge in [-0.3, -0.25) is 9.48 Å². The highest BCUT2D eigenvalue weighted by Gasteiger charge is 2.33. The van der Waals surface area contributed by atoms with Crippen molar-refractivity contribution >= 4 is 11.6 Å². The number of hydrogen-bond donors (Lipinski definition) is 1. The molecule has 1 fully saturated rings. The lowest BCUT2D eigenvalue weighted by molar-refractivity contribution is 0.101. The molecule has 1 aromatic carbocycles. The first-order chi connectivity index (χ1) is 12.8. The van der Waals surface area contributed by atoms with Crippen LogP contribution in [0.3, 0.4) is 0 Å². The minimum Gasteiger partial charge on any atom is -0.322 e. The zero-order chi connectivity index (χ0) is 19.7. The monoisotopic (exact) mass is 375 g/mol. The normalized spacial score (nSPS) is 19.9. The van der Waals surface area contributed by atoms with Crippen molar-refractivity contribution < 1.29 is 13.6 Å². The summed E-state index contributed by atoms with van der Waals surface area (Å²) in [6.07, 6.45) is 2.00. The first-order valence-corrected chi connectivity index (χ1v) is 9.52. The van der Waals surface area contributed by atoms with E-state index in [4.69, 9.17) is 0 Å². The van der Waals surface area contributed by atoms with Crippen molar-refractivity contribution in [1.82, 2.24) is 9.78 Å². The fraction of sp³-hybridized carbons (Fsp3) is 0.524. The zero-order valence-electron chi connectivity index (χ0n) is 16.3. The van der Waals surface area contributed by atoms with Gasteiger partial charge in [0.1, 0.15) is 5.69 Å². The maximum absolute atomic E-state index is 13.2. The number of carbonyl (C=O) groups is 1. The van der Waals surface area contributed by atoms with E-state index >= 15 is 0 Å². The van der Waals surface area contributed by atoms with Crippen molar-refractivity contribution in [2.75, 3.05) is 5.32 Å². The summed E-state index contributed by atoms with van der Waals surface area (Å²) in [5, 5.41) is 6.62. The first kappa shape index (κ1) is 19.5. The summed E-state index contributed by atoms with van der Waals surface area (Å²) in [4.78, 5) is 12.7. The number of carbonyl (C=O) groups excluding carboxylic acids is 1. The van der Waals surface area contributed by atoms with E-state index in [1.807, 2.05) is 12.1 Å². The Balaban J connectivity index is 1.95. The number of aryl methyl sites for hydroxylation is 2. The quantitative estimate of drug-likeness (QED) is 0.754. The molecule has 0 saturated heterocycles. The predicted octanol–water partition coefficient (Wildman–Crippen LogP) is 5.46. The van der Waals surface area contributed by atoms with Gasteiger partial charge in [-0.25, -0.2) is 8.78 Å². The van der Waals surface area contributed by atoms with Crippen molar-refractivity contribution in [3.63, 3.8) is 0 Å². The van der Waals surface area contributed by atoms with Crippen LogP contribution in [0.25, 0.3) is 0 Å². The van der Waals surface area contributed by atoms with E-state index in [2.05, 4.69) is 37.3 Å². The van der Waals surface area contributed by atoms with Crippen molar-refractivity contribution in [1.29, 1.82) is 0 Å². The minimum atomic E-state index is -2.79. The maximum Gasteiger partial charge on any atom is 0.282 e. The number of nitrogens with one attached hydrogen (secondary N) is 1. The number of alkyl halides is 2. The van der Waals surface area contributed by atoms with Gasteiger partial charge in [-0.1, -0.05) is 32.4 Å². The lowest BCUT2D eigenvalue weighted by atomic mass is 9.79. The molecule has 0 spiro atoms. The smallest absolute Gasteiger partial charge is 0.282 e. The van der Waals surface area contributed by atoms with Crippen LogP contribution in [-0.2, 0) is 7.05 Å². The Morgan fingerprint density at radius 3 is 2.70 bits per heavy atom. The molecule has 4 nitrogen and oxygen atoms in total. The number of amides is 1. The molecule has 6 heteroatoms. The molecule has 146 valence electrons. The Bertz CT molecular complexity index is 829. The lowest BCUT2D eigenvalue weighted by Gasteiger charge is -2.27. The molecule has 1 aromatic heterocycles. The summed E-state index contributed by atoms with van der Waals surface area (Å²) in [6, 6.07) is 5.81. The van der Waals surface area contributed by atoms with Gasteiger partial charge < -0.3 is 5.32 Å². The van der Waals surface area contributed by atoms with Gasteiger partial charge in [-0.15, -0.1) is 0 Å². The van der Waals surface area contributed by atoms with Gasteiger partial charge in [0.2, 0.25) is 0 Å². The highest BCUT2D eigenvalue weighted by atomic mass is 19.3. The molecule has 1 aliphatic carbocycles. The number of anilines is 1. The maximum atomic E-state index is 13.2. The van der Waals surface area contributed by atoms with Crippen molar-refractivity contribution in [3.8, 4) is 0 Å². The molecule has 1 amide bonds. The van der Waals surface area contributed by atoms with Gasteiger partial charge in [-0.2, -0.15) is 5.10 Å². The third-order valence-corrected chi connectivity index (χ3v) is 5.68. The average molecular weight is 375 g/mol. The van der Waals surface area contributed by atoms with E-state index in [1.54, 1.807) is 0 Å². The second-order valence-electron chi connectivity index (χ2n) is 7.84. The molecule has 2 atom stereocenters. The fourth-order valence-electron chi connectivity index (χ4n) is 4.46. The van der Waals surface area contributed by atoms with E-state index in [0.29, 0.717) is 17.8 Å². The highest BCUT2D eigenvalue weighted by molar-refractivity contribution is 6.05. The molecule has 1 N–H and O–H groups in total. The van der Waals surface area contributed by atoms with Gasteiger partial charge in [0.25, 0.3) is 12.3 Å². The van der Waals surface area contributed by atoms with Gasteiger partial charge in [0.15, 0.2) is 0 Å². The SMILES string of the molecule is Cc1cccc(NC(=O)c2cn(C)nc2C(F)F)c1C1CCCC1C(C)C. The van der Waals surface area contributed by atoms with E-state index in [-0.39, 0.29) is 5.56 Å².